The molecule has 0 unspecified atom stereocenters. The average Bonchev–Trinajstić information content (AvgIpc) is 2.21. The van der Waals surface area contributed by atoms with Crippen LogP contribution >= 0.6 is 0 Å². The molecule has 0 aliphatic rings. The Kier molecular flexibility index (Phi) is 15.7. The van der Waals surface area contributed by atoms with E-state index in [0.29, 0.717) is 41.8 Å². The number of hydrogen-bond acceptors (Lipinski definition) is 0. The summed E-state index contributed by atoms with van der Waals surface area (Å²) in [6.45, 7) is 4.59. The molecule has 0 rings (SSSR count). The summed E-state index contributed by atoms with van der Waals surface area (Å²) in [6, 6.07) is 0. The summed E-state index contributed by atoms with van der Waals surface area (Å²) < 4.78 is 6.01. The standard InChI is InChI=1S/C12H24Te2/c1-3-5-9-13-11-7-8-12-14-10-6-4-2/h7-8H,3-6,9-12H2,1-2H3/b8-7+. The van der Waals surface area contributed by atoms with E-state index in [2.05, 4.69) is 26.0 Å². The van der Waals surface area contributed by atoms with Crippen LogP contribution in [0.5, 0.6) is 0 Å². The first kappa shape index (κ1) is 15.3. The molecule has 14 heavy (non-hydrogen) atoms. The molecule has 2 heteroatoms. The van der Waals surface area contributed by atoms with Gasteiger partial charge in [-0.15, -0.1) is 0 Å². The third-order valence-corrected chi connectivity index (χ3v) is 7.62. The summed E-state index contributed by atoms with van der Waals surface area (Å²) >= 11 is 0.711. The molecule has 0 radical (unpaired) electrons. The molecule has 0 aromatic rings. The first-order valence-electron chi connectivity index (χ1n) is 5.72. The van der Waals surface area contributed by atoms with Gasteiger partial charge in [0.05, 0.1) is 0 Å². The van der Waals surface area contributed by atoms with Crippen LogP contribution in [0, 0.1) is 0 Å². The van der Waals surface area contributed by atoms with E-state index >= 15 is 0 Å². The molecule has 0 bridgehead atoms. The molecule has 84 valence electrons. The van der Waals surface area contributed by atoms with Crippen molar-refractivity contribution in [3.63, 3.8) is 0 Å². The second-order valence-electron chi connectivity index (χ2n) is 3.33. The van der Waals surface area contributed by atoms with Crippen molar-refractivity contribution in [2.45, 2.75) is 57.4 Å². The van der Waals surface area contributed by atoms with Crippen molar-refractivity contribution in [3.05, 3.63) is 12.2 Å². The third kappa shape index (κ3) is 13.3. The average molecular weight is 424 g/mol. The van der Waals surface area contributed by atoms with Crippen LogP contribution in [0.4, 0.5) is 0 Å². The third-order valence-electron chi connectivity index (χ3n) is 1.88. The number of rotatable bonds is 10. The van der Waals surface area contributed by atoms with Gasteiger partial charge in [0.15, 0.2) is 0 Å². The molecule has 0 fully saturated rings. The fourth-order valence-electron chi connectivity index (χ4n) is 0.932. The molecule has 0 N–H and O–H groups in total. The van der Waals surface area contributed by atoms with Gasteiger partial charge in [-0.3, -0.25) is 0 Å². The summed E-state index contributed by atoms with van der Waals surface area (Å²) in [7, 11) is 0. The molecule has 0 amide bonds. The van der Waals surface area contributed by atoms with Gasteiger partial charge in [-0.05, 0) is 0 Å². The van der Waals surface area contributed by atoms with Crippen LogP contribution in [0.15, 0.2) is 12.2 Å². The summed E-state index contributed by atoms with van der Waals surface area (Å²) in [4.78, 5) is 0. The van der Waals surface area contributed by atoms with Crippen LogP contribution in [-0.4, -0.2) is 41.8 Å². The van der Waals surface area contributed by atoms with Gasteiger partial charge in [0.25, 0.3) is 0 Å². The van der Waals surface area contributed by atoms with Gasteiger partial charge < -0.3 is 0 Å². The monoisotopic (exact) mass is 428 g/mol. The zero-order valence-electron chi connectivity index (χ0n) is 9.63. The predicted molar refractivity (Wildman–Crippen MR) is 69.7 cm³/mol. The van der Waals surface area contributed by atoms with E-state index < -0.39 is 0 Å². The first-order valence-corrected chi connectivity index (χ1v) is 12.3. The Bertz CT molecular complexity index is 107. The SMILES string of the molecule is CCCC[Te]C/C=C/C[Te]CCCC. The Balaban J connectivity index is 2.96. The van der Waals surface area contributed by atoms with Crippen molar-refractivity contribution in [2.24, 2.45) is 0 Å². The number of allylic oxidation sites excluding steroid dienone is 2. The van der Waals surface area contributed by atoms with Crippen LogP contribution in [0.1, 0.15) is 39.5 Å². The van der Waals surface area contributed by atoms with Crippen LogP contribution in [0.3, 0.4) is 0 Å². The number of hydrogen-bond donors (Lipinski definition) is 0. The Morgan fingerprint density at radius 1 is 0.786 bits per heavy atom. The number of unbranched alkanes of at least 4 members (excludes halogenated alkanes) is 2. The van der Waals surface area contributed by atoms with Crippen LogP contribution in [0.2, 0.25) is 17.9 Å². The normalized spacial score (nSPS) is 11.3. The van der Waals surface area contributed by atoms with E-state index in [1.54, 1.807) is 8.94 Å². The topological polar surface area (TPSA) is 0 Å². The van der Waals surface area contributed by atoms with E-state index in [1.807, 2.05) is 0 Å². The van der Waals surface area contributed by atoms with Crippen molar-refractivity contribution >= 4 is 41.8 Å². The second-order valence-corrected chi connectivity index (χ2v) is 9.89. The summed E-state index contributed by atoms with van der Waals surface area (Å²) in [5.41, 5.74) is 0. The molecule has 0 heterocycles. The van der Waals surface area contributed by atoms with Crippen LogP contribution in [0.25, 0.3) is 0 Å². The maximum absolute atomic E-state index is 2.47. The second kappa shape index (κ2) is 14.3. The van der Waals surface area contributed by atoms with Crippen molar-refractivity contribution in [2.75, 3.05) is 0 Å². The fraction of sp³-hybridized carbons (Fsp3) is 0.833. The van der Waals surface area contributed by atoms with Gasteiger partial charge in [0, 0.05) is 0 Å². The van der Waals surface area contributed by atoms with E-state index in [-0.39, 0.29) is 0 Å². The summed E-state index contributed by atoms with van der Waals surface area (Å²) in [6.07, 6.45) is 10.7. The van der Waals surface area contributed by atoms with E-state index in [0.717, 1.165) is 0 Å². The molecule has 0 aromatic carbocycles. The maximum atomic E-state index is 2.47. The van der Waals surface area contributed by atoms with Gasteiger partial charge in [-0.1, -0.05) is 0 Å². The Labute approximate surface area is 110 Å². The molecule has 0 aliphatic heterocycles. The minimum absolute atomic E-state index is 0.356. The molecule has 0 aliphatic carbocycles. The summed E-state index contributed by atoms with van der Waals surface area (Å²) in [5.74, 6) is 0. The molecule has 0 aromatic heterocycles. The van der Waals surface area contributed by atoms with Crippen molar-refractivity contribution in [3.8, 4) is 0 Å². The predicted octanol–water partition coefficient (Wildman–Crippen LogP) is 4.22. The molecular weight excluding hydrogens is 399 g/mol. The zero-order chi connectivity index (χ0) is 10.5. The van der Waals surface area contributed by atoms with Gasteiger partial charge in [0.1, 0.15) is 0 Å². The molecule has 0 spiro atoms. The summed E-state index contributed by atoms with van der Waals surface area (Å²) in [5, 5.41) is 0. The fourth-order valence-corrected chi connectivity index (χ4v) is 6.25. The van der Waals surface area contributed by atoms with E-state index in [1.165, 1.54) is 34.6 Å². The van der Waals surface area contributed by atoms with Crippen molar-refractivity contribution < 1.29 is 0 Å². The molecule has 0 saturated heterocycles. The van der Waals surface area contributed by atoms with Crippen LogP contribution < -0.4 is 0 Å². The molecule has 0 atom stereocenters. The van der Waals surface area contributed by atoms with E-state index in [9.17, 15) is 0 Å². The Morgan fingerprint density at radius 3 is 1.57 bits per heavy atom. The van der Waals surface area contributed by atoms with Crippen molar-refractivity contribution in [1.82, 2.24) is 0 Å². The van der Waals surface area contributed by atoms with Crippen molar-refractivity contribution in [1.29, 1.82) is 0 Å². The quantitative estimate of drug-likeness (QED) is 0.280. The van der Waals surface area contributed by atoms with Crippen LogP contribution in [-0.2, 0) is 0 Å². The van der Waals surface area contributed by atoms with Gasteiger partial charge in [-0.25, -0.2) is 0 Å². The Morgan fingerprint density at radius 2 is 1.21 bits per heavy atom. The van der Waals surface area contributed by atoms with E-state index in [4.69, 9.17) is 0 Å². The van der Waals surface area contributed by atoms with Gasteiger partial charge in [-0.2, -0.15) is 0 Å². The molecular formula is C12H24Te2. The molecule has 0 nitrogen and oxygen atoms in total. The van der Waals surface area contributed by atoms with Gasteiger partial charge >= 0.3 is 111 Å². The first-order chi connectivity index (χ1) is 6.91. The zero-order valence-corrected chi connectivity index (χ0v) is 14.3. The van der Waals surface area contributed by atoms with Gasteiger partial charge in [0.2, 0.25) is 0 Å². The minimum atomic E-state index is 0.356. The Hall–Kier alpha value is 1.32. The molecule has 0 saturated carbocycles.